The molecule has 1 aliphatic heterocycles. The highest BCUT2D eigenvalue weighted by molar-refractivity contribution is 5.96. The summed E-state index contributed by atoms with van der Waals surface area (Å²) in [5.41, 5.74) is 1.16. The van der Waals surface area contributed by atoms with Crippen molar-refractivity contribution in [3.05, 3.63) is 17.0 Å². The van der Waals surface area contributed by atoms with Crippen molar-refractivity contribution in [3.63, 3.8) is 0 Å². The second kappa shape index (κ2) is 4.87. The molecule has 17 heavy (non-hydrogen) atoms. The molecule has 1 N–H and O–H groups in total. The van der Waals surface area contributed by atoms with Crippen LogP contribution < -0.4 is 5.32 Å². The third-order valence-corrected chi connectivity index (χ3v) is 3.14. The van der Waals surface area contributed by atoms with Crippen molar-refractivity contribution in [2.75, 3.05) is 6.61 Å². The first-order chi connectivity index (χ1) is 8.09. The Morgan fingerprint density at radius 2 is 2.29 bits per heavy atom. The van der Waals surface area contributed by atoms with Crippen molar-refractivity contribution in [2.24, 2.45) is 0 Å². The lowest BCUT2D eigenvalue weighted by Gasteiger charge is -2.19. The molecule has 2 heterocycles. The van der Waals surface area contributed by atoms with Gasteiger partial charge in [-0.1, -0.05) is 5.16 Å². The smallest absolute Gasteiger partial charge is 0.257 e. The van der Waals surface area contributed by atoms with E-state index in [4.69, 9.17) is 9.26 Å². The van der Waals surface area contributed by atoms with Gasteiger partial charge in [0, 0.05) is 6.61 Å². The van der Waals surface area contributed by atoms with Crippen LogP contribution in [0.3, 0.4) is 0 Å². The zero-order valence-corrected chi connectivity index (χ0v) is 10.4. The zero-order chi connectivity index (χ0) is 12.4. The van der Waals surface area contributed by atoms with E-state index in [2.05, 4.69) is 10.5 Å². The summed E-state index contributed by atoms with van der Waals surface area (Å²) in [7, 11) is 0. The lowest BCUT2D eigenvalue weighted by molar-refractivity contribution is 0.0711. The van der Waals surface area contributed by atoms with Crippen LogP contribution in [0.5, 0.6) is 0 Å². The Morgan fingerprint density at radius 1 is 1.53 bits per heavy atom. The molecule has 0 aromatic carbocycles. The van der Waals surface area contributed by atoms with Gasteiger partial charge in [0.1, 0.15) is 11.3 Å². The maximum atomic E-state index is 12.0. The number of hydrogen-bond donors (Lipinski definition) is 1. The van der Waals surface area contributed by atoms with E-state index < -0.39 is 0 Å². The summed E-state index contributed by atoms with van der Waals surface area (Å²) in [6.45, 7) is 6.26. The fourth-order valence-electron chi connectivity index (χ4n) is 2.18. The minimum Gasteiger partial charge on any atom is -0.376 e. The highest BCUT2D eigenvalue weighted by Gasteiger charge is 2.26. The summed E-state index contributed by atoms with van der Waals surface area (Å²) >= 11 is 0. The maximum absolute atomic E-state index is 12.0. The Kier molecular flexibility index (Phi) is 3.47. The molecule has 1 saturated heterocycles. The van der Waals surface area contributed by atoms with Gasteiger partial charge in [-0.2, -0.15) is 0 Å². The van der Waals surface area contributed by atoms with Crippen LogP contribution in [0.2, 0.25) is 0 Å². The minimum atomic E-state index is -0.135. The number of aromatic nitrogens is 1. The summed E-state index contributed by atoms with van der Waals surface area (Å²) in [4.78, 5) is 12.0. The predicted molar refractivity (Wildman–Crippen MR) is 61.9 cm³/mol. The monoisotopic (exact) mass is 238 g/mol. The molecule has 1 aromatic rings. The number of hydrogen-bond acceptors (Lipinski definition) is 4. The van der Waals surface area contributed by atoms with Gasteiger partial charge in [0.25, 0.3) is 5.91 Å². The lowest BCUT2D eigenvalue weighted by Crippen LogP contribution is -2.41. The molecule has 0 aliphatic carbocycles. The number of carbonyl (C=O) groups excluding carboxylic acids is 1. The second-order valence-corrected chi connectivity index (χ2v) is 4.51. The van der Waals surface area contributed by atoms with Crippen LogP contribution in [0.15, 0.2) is 4.52 Å². The fraction of sp³-hybridized carbons (Fsp3) is 0.667. The summed E-state index contributed by atoms with van der Waals surface area (Å²) in [6, 6.07) is 0.0127. The van der Waals surface area contributed by atoms with Gasteiger partial charge in [0.2, 0.25) is 0 Å². The molecule has 2 atom stereocenters. The van der Waals surface area contributed by atoms with Gasteiger partial charge in [0.15, 0.2) is 0 Å². The van der Waals surface area contributed by atoms with Gasteiger partial charge in [-0.05, 0) is 33.6 Å². The highest BCUT2D eigenvalue weighted by Crippen LogP contribution is 2.17. The first-order valence-corrected chi connectivity index (χ1v) is 5.95. The Hall–Kier alpha value is -1.36. The van der Waals surface area contributed by atoms with Crippen LogP contribution in [0.1, 0.15) is 41.6 Å². The van der Waals surface area contributed by atoms with Crippen LogP contribution in [0.25, 0.3) is 0 Å². The molecule has 2 rings (SSSR count). The molecule has 94 valence electrons. The molecule has 1 fully saturated rings. The van der Waals surface area contributed by atoms with E-state index in [0.29, 0.717) is 17.0 Å². The third kappa shape index (κ3) is 2.49. The Balaban J connectivity index is 2.01. The van der Waals surface area contributed by atoms with Gasteiger partial charge in [-0.15, -0.1) is 0 Å². The van der Waals surface area contributed by atoms with Gasteiger partial charge in [-0.3, -0.25) is 4.79 Å². The normalized spacial score (nSPS) is 21.5. The van der Waals surface area contributed by atoms with Crippen LogP contribution in [0.4, 0.5) is 0 Å². The second-order valence-electron chi connectivity index (χ2n) is 4.51. The third-order valence-electron chi connectivity index (χ3n) is 3.14. The first-order valence-electron chi connectivity index (χ1n) is 5.95. The lowest BCUT2D eigenvalue weighted by atomic mass is 10.1. The topological polar surface area (TPSA) is 64.4 Å². The van der Waals surface area contributed by atoms with Crippen LogP contribution in [0, 0.1) is 13.8 Å². The van der Waals surface area contributed by atoms with Gasteiger partial charge < -0.3 is 14.6 Å². The van der Waals surface area contributed by atoms with Gasteiger partial charge >= 0.3 is 0 Å². The molecule has 0 radical (unpaired) electrons. The van der Waals surface area contributed by atoms with Crippen molar-refractivity contribution < 1.29 is 14.1 Å². The van der Waals surface area contributed by atoms with Crippen LogP contribution in [-0.2, 0) is 4.74 Å². The quantitative estimate of drug-likeness (QED) is 0.868. The summed E-state index contributed by atoms with van der Waals surface area (Å²) in [5.74, 6) is 0.420. The first kappa shape index (κ1) is 12.1. The van der Waals surface area contributed by atoms with E-state index in [1.807, 2.05) is 6.92 Å². The minimum absolute atomic E-state index is 0.0127. The number of carbonyl (C=O) groups is 1. The molecule has 1 aliphatic rings. The van der Waals surface area contributed by atoms with Gasteiger partial charge in [0.05, 0.1) is 17.8 Å². The average Bonchev–Trinajstić information content (AvgIpc) is 2.88. The van der Waals surface area contributed by atoms with Gasteiger partial charge in [-0.25, -0.2) is 0 Å². The molecule has 5 nitrogen and oxygen atoms in total. The summed E-state index contributed by atoms with van der Waals surface area (Å²) in [5, 5.41) is 6.72. The van der Waals surface area contributed by atoms with Crippen molar-refractivity contribution in [1.29, 1.82) is 0 Å². The SMILES string of the molecule is Cc1noc(C)c1C(=O)N[C@H](C)[C@@H]1CCCO1. The fourth-order valence-corrected chi connectivity index (χ4v) is 2.18. The van der Waals surface area contributed by atoms with Crippen molar-refractivity contribution in [1.82, 2.24) is 10.5 Å². The maximum Gasteiger partial charge on any atom is 0.257 e. The predicted octanol–water partition coefficient (Wildman–Crippen LogP) is 1.59. The number of nitrogens with one attached hydrogen (secondary N) is 1. The molecular weight excluding hydrogens is 220 g/mol. The van der Waals surface area contributed by atoms with Crippen LogP contribution >= 0.6 is 0 Å². The molecular formula is C12H18N2O3. The molecule has 0 saturated carbocycles. The molecule has 0 spiro atoms. The Labute approximate surface area is 101 Å². The van der Waals surface area contributed by atoms with Crippen molar-refractivity contribution in [2.45, 2.75) is 45.8 Å². The number of rotatable bonds is 3. The summed E-state index contributed by atoms with van der Waals surface area (Å²) in [6.07, 6.45) is 2.19. The largest absolute Gasteiger partial charge is 0.376 e. The number of amides is 1. The summed E-state index contributed by atoms with van der Waals surface area (Å²) < 4.78 is 10.5. The van der Waals surface area contributed by atoms with E-state index in [9.17, 15) is 4.79 Å². The average molecular weight is 238 g/mol. The molecule has 0 bridgehead atoms. The van der Waals surface area contributed by atoms with Crippen molar-refractivity contribution >= 4 is 5.91 Å². The van der Waals surface area contributed by atoms with E-state index in [-0.39, 0.29) is 18.1 Å². The van der Waals surface area contributed by atoms with Crippen LogP contribution in [-0.4, -0.2) is 29.8 Å². The molecule has 1 aromatic heterocycles. The Bertz CT molecular complexity index is 388. The molecule has 0 unspecified atom stereocenters. The molecule has 5 heteroatoms. The van der Waals surface area contributed by atoms with E-state index in [1.165, 1.54) is 0 Å². The standard InChI is InChI=1S/C12H18N2O3/c1-7(10-5-4-6-16-10)13-12(15)11-8(2)14-17-9(11)3/h7,10H,4-6H2,1-3H3,(H,13,15)/t7-,10+/m1/s1. The number of ether oxygens (including phenoxy) is 1. The number of aryl methyl sites for hydroxylation is 2. The van der Waals surface area contributed by atoms with E-state index in [0.717, 1.165) is 19.4 Å². The van der Waals surface area contributed by atoms with E-state index in [1.54, 1.807) is 13.8 Å². The highest BCUT2D eigenvalue weighted by atomic mass is 16.5. The Morgan fingerprint density at radius 3 is 2.82 bits per heavy atom. The zero-order valence-electron chi connectivity index (χ0n) is 10.4. The number of nitrogens with zero attached hydrogens (tertiary/aromatic N) is 1. The molecule has 1 amide bonds. The van der Waals surface area contributed by atoms with E-state index >= 15 is 0 Å². The van der Waals surface area contributed by atoms with Crippen molar-refractivity contribution in [3.8, 4) is 0 Å².